The number of aryl methyl sites for hydroxylation is 1. The van der Waals surface area contributed by atoms with Crippen LogP contribution in [0.1, 0.15) is 15.9 Å². The van der Waals surface area contributed by atoms with Crippen molar-refractivity contribution in [3.8, 4) is 5.75 Å². The van der Waals surface area contributed by atoms with E-state index < -0.39 is 0 Å². The molecule has 4 rings (SSSR count). The SMILES string of the molecule is COc1ccc(C(=O)Nc2ccc3nc(Nc4cccc(Cl)c4)cc(C)c3c2)cc1. The first-order chi connectivity index (χ1) is 14.5. The van der Waals surface area contributed by atoms with E-state index in [-0.39, 0.29) is 5.91 Å². The second kappa shape index (κ2) is 8.43. The molecule has 5 nitrogen and oxygen atoms in total. The van der Waals surface area contributed by atoms with Gasteiger partial charge in [-0.2, -0.15) is 0 Å². The number of methoxy groups -OCH3 is 1. The first-order valence-corrected chi connectivity index (χ1v) is 9.79. The van der Waals surface area contributed by atoms with E-state index in [0.717, 1.165) is 28.0 Å². The lowest BCUT2D eigenvalue weighted by molar-refractivity contribution is 0.102. The molecule has 1 amide bonds. The summed E-state index contributed by atoms with van der Waals surface area (Å²) in [5, 5.41) is 7.85. The van der Waals surface area contributed by atoms with Crippen LogP contribution < -0.4 is 15.4 Å². The van der Waals surface area contributed by atoms with Crippen LogP contribution in [0.3, 0.4) is 0 Å². The molecule has 30 heavy (non-hydrogen) atoms. The van der Waals surface area contributed by atoms with Crippen LogP contribution in [0.15, 0.2) is 72.8 Å². The third-order valence-corrected chi connectivity index (χ3v) is 4.96. The predicted molar refractivity (Wildman–Crippen MR) is 122 cm³/mol. The Morgan fingerprint density at radius 3 is 2.50 bits per heavy atom. The molecule has 150 valence electrons. The van der Waals surface area contributed by atoms with E-state index in [1.165, 1.54) is 0 Å². The highest BCUT2D eigenvalue weighted by atomic mass is 35.5. The van der Waals surface area contributed by atoms with Gasteiger partial charge in [0.05, 0.1) is 12.6 Å². The van der Waals surface area contributed by atoms with Crippen molar-refractivity contribution in [2.45, 2.75) is 6.92 Å². The highest BCUT2D eigenvalue weighted by Crippen LogP contribution is 2.26. The number of carbonyl (C=O) groups excluding carboxylic acids is 1. The molecule has 2 N–H and O–H groups in total. The van der Waals surface area contributed by atoms with E-state index >= 15 is 0 Å². The lowest BCUT2D eigenvalue weighted by Gasteiger charge is -2.11. The van der Waals surface area contributed by atoms with Crippen LogP contribution in [0.25, 0.3) is 10.9 Å². The quantitative estimate of drug-likeness (QED) is 0.405. The summed E-state index contributed by atoms with van der Waals surface area (Å²) in [5.41, 5.74) is 4.03. The lowest BCUT2D eigenvalue weighted by Crippen LogP contribution is -2.11. The zero-order valence-corrected chi connectivity index (χ0v) is 17.3. The molecule has 3 aromatic carbocycles. The van der Waals surface area contributed by atoms with Crippen molar-refractivity contribution in [3.63, 3.8) is 0 Å². The van der Waals surface area contributed by atoms with Crippen molar-refractivity contribution in [3.05, 3.63) is 88.9 Å². The molecular formula is C24H20ClN3O2. The molecule has 1 heterocycles. The fourth-order valence-electron chi connectivity index (χ4n) is 3.20. The number of pyridine rings is 1. The third-order valence-electron chi connectivity index (χ3n) is 4.72. The van der Waals surface area contributed by atoms with Gasteiger partial charge in [0.15, 0.2) is 0 Å². The van der Waals surface area contributed by atoms with E-state index in [9.17, 15) is 4.79 Å². The molecule has 4 aromatic rings. The summed E-state index contributed by atoms with van der Waals surface area (Å²) in [6, 6.07) is 22.1. The van der Waals surface area contributed by atoms with Crippen LogP contribution in [0.2, 0.25) is 5.02 Å². The molecule has 0 spiro atoms. The van der Waals surface area contributed by atoms with Crippen molar-refractivity contribution in [1.29, 1.82) is 0 Å². The third kappa shape index (κ3) is 4.36. The molecule has 0 saturated heterocycles. The van der Waals surface area contributed by atoms with Gasteiger partial charge in [0.25, 0.3) is 5.91 Å². The van der Waals surface area contributed by atoms with Crippen molar-refractivity contribution >= 4 is 45.6 Å². The highest BCUT2D eigenvalue weighted by molar-refractivity contribution is 6.30. The van der Waals surface area contributed by atoms with Crippen LogP contribution in [0.5, 0.6) is 5.75 Å². The molecule has 0 radical (unpaired) electrons. The number of ether oxygens (including phenoxy) is 1. The zero-order valence-electron chi connectivity index (χ0n) is 16.6. The average Bonchev–Trinajstić information content (AvgIpc) is 2.74. The minimum atomic E-state index is -0.179. The van der Waals surface area contributed by atoms with Crippen molar-refractivity contribution in [2.24, 2.45) is 0 Å². The molecule has 0 saturated carbocycles. The van der Waals surface area contributed by atoms with Crippen molar-refractivity contribution < 1.29 is 9.53 Å². The van der Waals surface area contributed by atoms with E-state index in [4.69, 9.17) is 16.3 Å². The number of rotatable bonds is 5. The largest absolute Gasteiger partial charge is 0.497 e. The maximum atomic E-state index is 12.5. The molecule has 0 atom stereocenters. The van der Waals surface area contributed by atoms with Crippen LogP contribution in [-0.2, 0) is 0 Å². The first kappa shape index (κ1) is 19.7. The molecule has 1 aromatic heterocycles. The van der Waals surface area contributed by atoms with Gasteiger partial charge in [-0.3, -0.25) is 4.79 Å². The van der Waals surface area contributed by atoms with Gasteiger partial charge in [-0.1, -0.05) is 17.7 Å². The number of fused-ring (bicyclic) bond motifs is 1. The summed E-state index contributed by atoms with van der Waals surface area (Å²) in [6.07, 6.45) is 0. The second-order valence-corrected chi connectivity index (χ2v) is 7.31. The summed E-state index contributed by atoms with van der Waals surface area (Å²) >= 11 is 6.05. The van der Waals surface area contributed by atoms with E-state index in [1.54, 1.807) is 31.4 Å². The number of halogens is 1. The van der Waals surface area contributed by atoms with E-state index in [0.29, 0.717) is 22.0 Å². The van der Waals surface area contributed by atoms with E-state index in [2.05, 4.69) is 15.6 Å². The number of nitrogens with one attached hydrogen (secondary N) is 2. The molecule has 0 aliphatic carbocycles. The standard InChI is InChI=1S/C24H20ClN3O2/c1-15-12-23(26-18-5-3-4-17(25)13-18)28-22-11-8-19(14-21(15)22)27-24(29)16-6-9-20(30-2)10-7-16/h3-14H,1-2H3,(H,26,28)(H,27,29). The summed E-state index contributed by atoms with van der Waals surface area (Å²) in [6.45, 7) is 2.02. The van der Waals surface area contributed by atoms with Crippen LogP contribution in [-0.4, -0.2) is 18.0 Å². The van der Waals surface area contributed by atoms with Crippen molar-refractivity contribution in [2.75, 3.05) is 17.7 Å². The number of carbonyl (C=O) groups is 1. The number of anilines is 3. The Kier molecular flexibility index (Phi) is 5.55. The zero-order chi connectivity index (χ0) is 21.1. The van der Waals surface area contributed by atoms with Gasteiger partial charge in [-0.25, -0.2) is 4.98 Å². The maximum absolute atomic E-state index is 12.5. The van der Waals surface area contributed by atoms with Gasteiger partial charge in [0, 0.05) is 27.3 Å². The predicted octanol–water partition coefficient (Wildman–Crippen LogP) is 6.20. The van der Waals surface area contributed by atoms with Gasteiger partial charge in [-0.15, -0.1) is 0 Å². The minimum Gasteiger partial charge on any atom is -0.497 e. The molecular weight excluding hydrogens is 398 g/mol. The number of hydrogen-bond acceptors (Lipinski definition) is 4. The second-order valence-electron chi connectivity index (χ2n) is 6.87. The molecule has 0 aliphatic rings. The van der Waals surface area contributed by atoms with Crippen LogP contribution >= 0.6 is 11.6 Å². The Balaban J connectivity index is 1.56. The number of nitrogens with zero attached hydrogens (tertiary/aromatic N) is 1. The van der Waals surface area contributed by atoms with Gasteiger partial charge >= 0.3 is 0 Å². The monoisotopic (exact) mass is 417 g/mol. The van der Waals surface area contributed by atoms with Crippen LogP contribution in [0, 0.1) is 6.92 Å². The molecule has 0 bridgehead atoms. The fourth-order valence-corrected chi connectivity index (χ4v) is 3.39. The normalized spacial score (nSPS) is 10.6. The van der Waals surface area contributed by atoms with Gasteiger partial charge in [0.2, 0.25) is 0 Å². The minimum absolute atomic E-state index is 0.179. The van der Waals surface area contributed by atoms with Gasteiger partial charge in [-0.05, 0) is 79.2 Å². The summed E-state index contributed by atoms with van der Waals surface area (Å²) in [7, 11) is 1.59. The summed E-state index contributed by atoms with van der Waals surface area (Å²) in [5.74, 6) is 1.26. The topological polar surface area (TPSA) is 63.2 Å². The van der Waals surface area contributed by atoms with Crippen LogP contribution in [0.4, 0.5) is 17.2 Å². The number of aromatic nitrogens is 1. The lowest BCUT2D eigenvalue weighted by atomic mass is 10.1. The molecule has 0 fully saturated rings. The van der Waals surface area contributed by atoms with Gasteiger partial charge < -0.3 is 15.4 Å². The van der Waals surface area contributed by atoms with E-state index in [1.807, 2.05) is 55.5 Å². The maximum Gasteiger partial charge on any atom is 0.255 e. The fraction of sp³-hybridized carbons (Fsp3) is 0.0833. The molecule has 0 unspecified atom stereocenters. The Morgan fingerprint density at radius 2 is 1.77 bits per heavy atom. The number of hydrogen-bond donors (Lipinski definition) is 2. The summed E-state index contributed by atoms with van der Waals surface area (Å²) in [4.78, 5) is 17.2. The molecule has 0 aliphatic heterocycles. The Morgan fingerprint density at radius 1 is 0.967 bits per heavy atom. The Hall–Kier alpha value is -3.57. The summed E-state index contributed by atoms with van der Waals surface area (Å²) < 4.78 is 5.13. The van der Waals surface area contributed by atoms with Gasteiger partial charge in [0.1, 0.15) is 11.6 Å². The van der Waals surface area contributed by atoms with Crippen molar-refractivity contribution in [1.82, 2.24) is 4.98 Å². The Bertz CT molecular complexity index is 1220. The first-order valence-electron chi connectivity index (χ1n) is 9.41. The molecule has 6 heteroatoms. The number of benzene rings is 3. The highest BCUT2D eigenvalue weighted by Gasteiger charge is 2.09. The smallest absolute Gasteiger partial charge is 0.255 e. The number of amides is 1. The Labute approximate surface area is 179 Å². The average molecular weight is 418 g/mol.